The molecule has 0 bridgehead atoms. The molecule has 1 N–H and O–H groups in total. The van der Waals surface area contributed by atoms with Gasteiger partial charge in [0, 0.05) is 64.9 Å². The predicted molar refractivity (Wildman–Crippen MR) is 189 cm³/mol. The van der Waals surface area contributed by atoms with Crippen molar-refractivity contribution in [2.75, 3.05) is 0 Å². The number of rotatable bonds is 9. The molecule has 2 aromatic carbocycles. The van der Waals surface area contributed by atoms with Gasteiger partial charge in [0.05, 0.1) is 17.5 Å². The number of aliphatic hydroxyl groups excluding tert-OH is 1. The Balaban J connectivity index is 0.000000309. The maximum Gasteiger partial charge on any atom is 0.227 e. The third kappa shape index (κ3) is 8.05. The third-order valence-electron chi connectivity index (χ3n) is 8.65. The fraction of sp³-hybridized carbons (Fsp3) is 0.410. The molecule has 0 spiro atoms. The number of carbonyl (C=O) groups is 1. The van der Waals surface area contributed by atoms with E-state index in [9.17, 15) is 9.90 Å². The Morgan fingerprint density at radius 3 is 2.26 bits per heavy atom. The number of hydrogen-bond donors (Lipinski definition) is 1. The molecule has 0 fully saturated rings. The number of fused-ring (bicyclic) bond motifs is 2. The van der Waals surface area contributed by atoms with Crippen molar-refractivity contribution < 1.29 is 34.4 Å². The first-order chi connectivity index (χ1) is 21.4. The van der Waals surface area contributed by atoms with Gasteiger partial charge in [-0.2, -0.15) is 0 Å². The zero-order valence-electron chi connectivity index (χ0n) is 28.6. The van der Waals surface area contributed by atoms with Gasteiger partial charge in [-0.15, -0.1) is 40.5 Å². The van der Waals surface area contributed by atoms with Crippen LogP contribution in [-0.4, -0.2) is 20.9 Å². The molecule has 1 radical (unpaired) electrons. The Kier molecular flexibility index (Phi) is 13.1. The van der Waals surface area contributed by atoms with E-state index in [-0.39, 0.29) is 48.9 Å². The van der Waals surface area contributed by atoms with Crippen molar-refractivity contribution in [3.63, 3.8) is 0 Å². The van der Waals surface area contributed by atoms with Crippen LogP contribution in [0.5, 0.6) is 0 Å². The van der Waals surface area contributed by atoms with Gasteiger partial charge in [0.2, 0.25) is 5.89 Å². The molecule has 46 heavy (non-hydrogen) atoms. The molecule has 0 amide bonds. The standard InChI is InChI=1S/C26H23N2OS.C13H24O2.Ir/c1-15-14-28-23(24-21(15)22(16(2)30-24)25-27-10-11-29-25)18-12-17-8-6-7-9-19(17)20(13-18)26(3,4)5;1-5-10(6-2)12(14)9-13(15)11(7-3)8-4;/h6-11,13-14H,1-5H3;9-11,14H,5-8H2,1-4H3;/q-1;;/b;12-9-;. The molecule has 5 rings (SSSR count). The van der Waals surface area contributed by atoms with Gasteiger partial charge in [-0.05, 0) is 50.5 Å². The van der Waals surface area contributed by atoms with Gasteiger partial charge in [-0.25, -0.2) is 4.98 Å². The molecule has 0 saturated heterocycles. The molecule has 0 unspecified atom stereocenters. The second kappa shape index (κ2) is 16.1. The second-order valence-corrected chi connectivity index (χ2v) is 14.0. The number of oxazole rings is 1. The second-order valence-electron chi connectivity index (χ2n) is 12.8. The minimum atomic E-state index is 0. The number of nitrogens with zero attached hydrogens (tertiary/aromatic N) is 2. The van der Waals surface area contributed by atoms with E-state index < -0.39 is 0 Å². The molecule has 5 aromatic rings. The summed E-state index contributed by atoms with van der Waals surface area (Å²) in [6.45, 7) is 19.1. The molecule has 0 aliphatic rings. The van der Waals surface area contributed by atoms with Gasteiger partial charge in [-0.3, -0.25) is 9.78 Å². The summed E-state index contributed by atoms with van der Waals surface area (Å²) in [5.41, 5.74) is 5.52. The van der Waals surface area contributed by atoms with Crippen molar-refractivity contribution in [1.82, 2.24) is 9.97 Å². The van der Waals surface area contributed by atoms with Crippen molar-refractivity contribution in [3.8, 4) is 22.7 Å². The number of pyridine rings is 1. The molecule has 0 aliphatic heterocycles. The molecule has 7 heteroatoms. The average molecular weight is 816 g/mol. The zero-order valence-corrected chi connectivity index (χ0v) is 31.8. The van der Waals surface area contributed by atoms with Crippen LogP contribution < -0.4 is 0 Å². The summed E-state index contributed by atoms with van der Waals surface area (Å²) >= 11 is 1.75. The van der Waals surface area contributed by atoms with Gasteiger partial charge in [0.1, 0.15) is 6.26 Å². The first-order valence-electron chi connectivity index (χ1n) is 16.1. The normalized spacial score (nSPS) is 12.0. The number of thiophene rings is 1. The number of carbonyl (C=O) groups excluding carboxylic acids is 1. The smallest absolute Gasteiger partial charge is 0.227 e. The van der Waals surface area contributed by atoms with E-state index in [1.165, 1.54) is 27.3 Å². The van der Waals surface area contributed by atoms with Crippen LogP contribution in [-0.2, 0) is 30.3 Å². The van der Waals surface area contributed by atoms with E-state index in [2.05, 4.69) is 76.0 Å². The molecule has 5 nitrogen and oxygen atoms in total. The van der Waals surface area contributed by atoms with Crippen LogP contribution in [0, 0.1) is 31.7 Å². The van der Waals surface area contributed by atoms with E-state index in [4.69, 9.17) is 9.40 Å². The summed E-state index contributed by atoms with van der Waals surface area (Å²) in [4.78, 5) is 22.2. The summed E-state index contributed by atoms with van der Waals surface area (Å²) in [5.74, 6) is 1.21. The molecule has 3 aromatic heterocycles. The van der Waals surface area contributed by atoms with Gasteiger partial charge in [0.15, 0.2) is 5.78 Å². The number of benzene rings is 2. The van der Waals surface area contributed by atoms with E-state index in [0.717, 1.165) is 58.2 Å². The Morgan fingerprint density at radius 2 is 1.67 bits per heavy atom. The summed E-state index contributed by atoms with van der Waals surface area (Å²) in [6, 6.07) is 14.4. The van der Waals surface area contributed by atoms with Crippen LogP contribution in [0.2, 0.25) is 0 Å². The van der Waals surface area contributed by atoms with Crippen LogP contribution in [0.15, 0.2) is 65.2 Å². The Bertz CT molecular complexity index is 1790. The van der Waals surface area contributed by atoms with E-state index >= 15 is 0 Å². The van der Waals surface area contributed by atoms with Crippen LogP contribution in [0.25, 0.3) is 43.6 Å². The Hall–Kier alpha value is -3.12. The minimum Gasteiger partial charge on any atom is -0.512 e. The predicted octanol–water partition coefficient (Wildman–Crippen LogP) is 11.4. The quantitative estimate of drug-likeness (QED) is 0.0911. The van der Waals surface area contributed by atoms with Crippen LogP contribution >= 0.6 is 11.3 Å². The number of allylic oxidation sites excluding steroid dienone is 2. The molecular weight excluding hydrogens is 769 g/mol. The van der Waals surface area contributed by atoms with Crippen molar-refractivity contribution in [1.29, 1.82) is 0 Å². The first kappa shape index (κ1) is 37.3. The Morgan fingerprint density at radius 1 is 1.02 bits per heavy atom. The van der Waals surface area contributed by atoms with E-state index in [1.54, 1.807) is 23.8 Å². The molecule has 3 heterocycles. The molecule has 0 aliphatic carbocycles. The molecule has 0 saturated carbocycles. The number of aromatic nitrogens is 2. The van der Waals surface area contributed by atoms with E-state index in [1.807, 2.05) is 33.9 Å². The summed E-state index contributed by atoms with van der Waals surface area (Å²) in [6.07, 6.45) is 10.2. The zero-order chi connectivity index (χ0) is 32.9. The molecular formula is C39H47IrN2O3S-. The largest absolute Gasteiger partial charge is 0.512 e. The summed E-state index contributed by atoms with van der Waals surface area (Å²) < 4.78 is 6.82. The topological polar surface area (TPSA) is 76.2 Å². The van der Waals surface area contributed by atoms with Crippen LogP contribution in [0.1, 0.15) is 90.2 Å². The Labute approximate surface area is 291 Å². The van der Waals surface area contributed by atoms with Crippen LogP contribution in [0.3, 0.4) is 0 Å². The van der Waals surface area contributed by atoms with Crippen molar-refractivity contribution in [3.05, 3.63) is 82.9 Å². The number of aryl methyl sites for hydroxylation is 2. The number of ketones is 1. The first-order valence-corrected chi connectivity index (χ1v) is 16.9. The molecule has 0 atom stereocenters. The van der Waals surface area contributed by atoms with Crippen molar-refractivity contribution in [2.45, 2.75) is 93.4 Å². The molecule has 247 valence electrons. The van der Waals surface area contributed by atoms with Crippen LogP contribution in [0.4, 0.5) is 0 Å². The monoisotopic (exact) mass is 816 g/mol. The number of aliphatic hydroxyl groups is 1. The maximum atomic E-state index is 11.7. The van der Waals surface area contributed by atoms with E-state index in [0.29, 0.717) is 5.89 Å². The van der Waals surface area contributed by atoms with Crippen molar-refractivity contribution in [2.24, 2.45) is 11.8 Å². The SMILES string of the molecule is CCC(CC)C(=O)/C=C(\O)C(CC)CC.Cc1sc2c(-c3[c-]c4ccccc4c(C(C)(C)C)c3)ncc(C)c2c1-c1ncco1.[Ir]. The minimum absolute atomic E-state index is 0. The van der Waals surface area contributed by atoms with Gasteiger partial charge in [-0.1, -0.05) is 77.6 Å². The van der Waals surface area contributed by atoms with Gasteiger partial charge in [0.25, 0.3) is 0 Å². The third-order valence-corrected chi connectivity index (χ3v) is 9.76. The fourth-order valence-electron chi connectivity index (χ4n) is 5.93. The summed E-state index contributed by atoms with van der Waals surface area (Å²) in [5, 5.41) is 13.3. The number of hydrogen-bond acceptors (Lipinski definition) is 6. The summed E-state index contributed by atoms with van der Waals surface area (Å²) in [7, 11) is 0. The van der Waals surface area contributed by atoms with Gasteiger partial charge >= 0.3 is 0 Å². The van der Waals surface area contributed by atoms with Crippen molar-refractivity contribution >= 4 is 38.0 Å². The van der Waals surface area contributed by atoms with Gasteiger partial charge < -0.3 is 9.52 Å². The fourth-order valence-corrected chi connectivity index (χ4v) is 7.15. The maximum absolute atomic E-state index is 11.7. The average Bonchev–Trinajstić information content (AvgIpc) is 3.66.